The lowest BCUT2D eigenvalue weighted by Gasteiger charge is -2.22. The fourth-order valence-electron chi connectivity index (χ4n) is 2.95. The van der Waals surface area contributed by atoms with Crippen molar-refractivity contribution in [3.8, 4) is 17.2 Å². The minimum atomic E-state index is -0.621. The highest BCUT2D eigenvalue weighted by molar-refractivity contribution is 5.81. The molecule has 146 valence electrons. The summed E-state index contributed by atoms with van der Waals surface area (Å²) in [6.07, 6.45) is -0.621. The summed E-state index contributed by atoms with van der Waals surface area (Å²) >= 11 is 0. The van der Waals surface area contributed by atoms with Crippen molar-refractivity contribution in [1.29, 1.82) is 0 Å². The standard InChI is InChI=1S/C22H29NO4/c1-13-10-14(2)15(3)21(11-13)27-17(5)22(24)23-16(4)19-12-18(25-6)8-9-20(19)26-7/h8-12,16-17H,1-7H3,(H,23,24)/t16-,17+/m1/s1. The summed E-state index contributed by atoms with van der Waals surface area (Å²) in [4.78, 5) is 12.7. The Hall–Kier alpha value is -2.69. The van der Waals surface area contributed by atoms with E-state index in [0.29, 0.717) is 11.5 Å². The molecule has 0 saturated heterocycles. The lowest BCUT2D eigenvalue weighted by Crippen LogP contribution is -2.38. The molecule has 27 heavy (non-hydrogen) atoms. The first-order chi connectivity index (χ1) is 12.8. The Morgan fingerprint density at radius 3 is 2.30 bits per heavy atom. The number of rotatable bonds is 7. The van der Waals surface area contributed by atoms with Crippen LogP contribution in [0.2, 0.25) is 0 Å². The Labute approximate surface area is 161 Å². The van der Waals surface area contributed by atoms with E-state index in [1.807, 2.05) is 52.0 Å². The first-order valence-corrected chi connectivity index (χ1v) is 9.03. The van der Waals surface area contributed by atoms with Gasteiger partial charge in [-0.1, -0.05) is 6.07 Å². The predicted octanol–water partition coefficient (Wildman–Crippen LogP) is 4.27. The molecule has 0 radical (unpaired) electrons. The summed E-state index contributed by atoms with van der Waals surface area (Å²) in [5.74, 6) is 1.96. The maximum absolute atomic E-state index is 12.7. The third kappa shape index (κ3) is 4.94. The minimum Gasteiger partial charge on any atom is -0.497 e. The van der Waals surface area contributed by atoms with Crippen molar-refractivity contribution in [3.05, 3.63) is 52.6 Å². The van der Waals surface area contributed by atoms with Crippen molar-refractivity contribution in [2.75, 3.05) is 14.2 Å². The van der Waals surface area contributed by atoms with Crippen LogP contribution in [0.3, 0.4) is 0 Å². The molecule has 2 atom stereocenters. The maximum Gasteiger partial charge on any atom is 0.261 e. The highest BCUT2D eigenvalue weighted by Gasteiger charge is 2.21. The number of amides is 1. The van der Waals surface area contributed by atoms with Crippen molar-refractivity contribution >= 4 is 5.91 Å². The van der Waals surface area contributed by atoms with Crippen LogP contribution in [-0.4, -0.2) is 26.2 Å². The molecule has 2 aromatic rings. The second-order valence-corrected chi connectivity index (χ2v) is 6.80. The van der Waals surface area contributed by atoms with Gasteiger partial charge in [-0.25, -0.2) is 0 Å². The largest absolute Gasteiger partial charge is 0.497 e. The molecular weight excluding hydrogens is 342 g/mol. The lowest BCUT2D eigenvalue weighted by molar-refractivity contribution is -0.127. The summed E-state index contributed by atoms with van der Waals surface area (Å²) in [5.41, 5.74) is 4.14. The van der Waals surface area contributed by atoms with E-state index < -0.39 is 6.10 Å². The molecule has 1 N–H and O–H groups in total. The van der Waals surface area contributed by atoms with Crippen LogP contribution in [0.15, 0.2) is 30.3 Å². The van der Waals surface area contributed by atoms with E-state index in [9.17, 15) is 4.79 Å². The van der Waals surface area contributed by atoms with E-state index in [4.69, 9.17) is 14.2 Å². The van der Waals surface area contributed by atoms with Gasteiger partial charge in [0.15, 0.2) is 6.10 Å². The minimum absolute atomic E-state index is 0.189. The predicted molar refractivity (Wildman–Crippen MR) is 107 cm³/mol. The molecule has 0 fully saturated rings. The zero-order chi connectivity index (χ0) is 20.1. The van der Waals surface area contributed by atoms with Crippen molar-refractivity contribution < 1.29 is 19.0 Å². The van der Waals surface area contributed by atoms with Crippen LogP contribution in [0.5, 0.6) is 17.2 Å². The van der Waals surface area contributed by atoms with E-state index in [2.05, 4.69) is 11.4 Å². The number of aryl methyl sites for hydroxylation is 2. The van der Waals surface area contributed by atoms with Gasteiger partial charge in [-0.3, -0.25) is 4.79 Å². The average molecular weight is 371 g/mol. The van der Waals surface area contributed by atoms with E-state index in [1.165, 1.54) is 0 Å². The quantitative estimate of drug-likeness (QED) is 0.789. The average Bonchev–Trinajstić information content (AvgIpc) is 2.64. The second kappa shape index (κ2) is 8.80. The number of methoxy groups -OCH3 is 2. The summed E-state index contributed by atoms with van der Waals surface area (Å²) < 4.78 is 16.6. The third-order valence-corrected chi connectivity index (χ3v) is 4.70. The van der Waals surface area contributed by atoms with Gasteiger partial charge in [0.2, 0.25) is 0 Å². The van der Waals surface area contributed by atoms with Crippen molar-refractivity contribution in [3.63, 3.8) is 0 Å². The summed E-state index contributed by atoms with van der Waals surface area (Å²) in [5, 5.41) is 2.99. The molecule has 5 heteroatoms. The zero-order valence-corrected chi connectivity index (χ0v) is 17.2. The molecule has 0 aliphatic rings. The van der Waals surface area contributed by atoms with E-state index in [0.717, 1.165) is 28.0 Å². The van der Waals surface area contributed by atoms with Gasteiger partial charge in [0.1, 0.15) is 17.2 Å². The highest BCUT2D eigenvalue weighted by atomic mass is 16.5. The molecule has 0 aromatic heterocycles. The van der Waals surface area contributed by atoms with Gasteiger partial charge in [0.05, 0.1) is 20.3 Å². The van der Waals surface area contributed by atoms with Gasteiger partial charge in [-0.05, 0) is 75.6 Å². The smallest absolute Gasteiger partial charge is 0.261 e. The number of carbonyl (C=O) groups is 1. The molecular formula is C22H29NO4. The molecule has 0 unspecified atom stereocenters. The molecule has 0 saturated carbocycles. The van der Waals surface area contributed by atoms with Gasteiger partial charge in [0, 0.05) is 5.56 Å². The molecule has 0 aliphatic carbocycles. The van der Waals surface area contributed by atoms with Gasteiger partial charge < -0.3 is 19.5 Å². The number of hydrogen-bond donors (Lipinski definition) is 1. The Balaban J connectivity index is 2.12. The van der Waals surface area contributed by atoms with Crippen molar-refractivity contribution in [1.82, 2.24) is 5.32 Å². The second-order valence-electron chi connectivity index (χ2n) is 6.80. The Morgan fingerprint density at radius 1 is 0.963 bits per heavy atom. The zero-order valence-electron chi connectivity index (χ0n) is 17.2. The van der Waals surface area contributed by atoms with Crippen LogP contribution >= 0.6 is 0 Å². The Morgan fingerprint density at radius 2 is 1.67 bits per heavy atom. The van der Waals surface area contributed by atoms with Gasteiger partial charge in [-0.2, -0.15) is 0 Å². The van der Waals surface area contributed by atoms with Crippen molar-refractivity contribution in [2.24, 2.45) is 0 Å². The normalized spacial score (nSPS) is 12.9. The van der Waals surface area contributed by atoms with E-state index in [-0.39, 0.29) is 11.9 Å². The fraction of sp³-hybridized carbons (Fsp3) is 0.409. The van der Waals surface area contributed by atoms with Crippen LogP contribution in [0, 0.1) is 20.8 Å². The molecule has 1 amide bonds. The molecule has 0 bridgehead atoms. The van der Waals surface area contributed by atoms with Crippen LogP contribution in [0.25, 0.3) is 0 Å². The maximum atomic E-state index is 12.7. The highest BCUT2D eigenvalue weighted by Crippen LogP contribution is 2.29. The van der Waals surface area contributed by atoms with E-state index >= 15 is 0 Å². The van der Waals surface area contributed by atoms with Gasteiger partial charge in [-0.15, -0.1) is 0 Å². The molecule has 0 heterocycles. The van der Waals surface area contributed by atoms with Crippen molar-refractivity contribution in [2.45, 2.75) is 46.8 Å². The van der Waals surface area contributed by atoms with E-state index in [1.54, 1.807) is 21.1 Å². The summed E-state index contributed by atoms with van der Waals surface area (Å²) in [7, 11) is 3.21. The summed E-state index contributed by atoms with van der Waals surface area (Å²) in [6.45, 7) is 9.71. The van der Waals surface area contributed by atoms with Gasteiger partial charge >= 0.3 is 0 Å². The number of nitrogens with one attached hydrogen (secondary N) is 1. The van der Waals surface area contributed by atoms with Gasteiger partial charge in [0.25, 0.3) is 5.91 Å². The van der Waals surface area contributed by atoms with Crippen LogP contribution in [-0.2, 0) is 4.79 Å². The first-order valence-electron chi connectivity index (χ1n) is 9.03. The topological polar surface area (TPSA) is 56.8 Å². The third-order valence-electron chi connectivity index (χ3n) is 4.70. The Kier molecular flexibility index (Phi) is 6.72. The fourth-order valence-corrected chi connectivity index (χ4v) is 2.95. The molecule has 2 aromatic carbocycles. The first kappa shape index (κ1) is 20.6. The number of ether oxygens (including phenoxy) is 3. The SMILES string of the molecule is COc1ccc(OC)c([C@@H](C)NC(=O)[C@H](C)Oc2cc(C)cc(C)c2C)c1. The van der Waals surface area contributed by atoms with Crippen LogP contribution < -0.4 is 19.5 Å². The van der Waals surface area contributed by atoms with Crippen LogP contribution in [0.4, 0.5) is 0 Å². The monoisotopic (exact) mass is 371 g/mol. The number of benzene rings is 2. The number of carbonyl (C=O) groups excluding carboxylic acids is 1. The molecule has 2 rings (SSSR count). The number of hydrogen-bond acceptors (Lipinski definition) is 4. The Bertz CT molecular complexity index is 816. The molecule has 0 aliphatic heterocycles. The van der Waals surface area contributed by atoms with Crippen LogP contribution in [0.1, 0.15) is 42.1 Å². The summed E-state index contributed by atoms with van der Waals surface area (Å²) in [6, 6.07) is 9.32. The lowest BCUT2D eigenvalue weighted by atomic mass is 10.1. The molecule has 0 spiro atoms. The molecule has 5 nitrogen and oxygen atoms in total.